The van der Waals surface area contributed by atoms with Crippen LogP contribution in [0.25, 0.3) is 10.9 Å². The van der Waals surface area contributed by atoms with Gasteiger partial charge < -0.3 is 10.6 Å². The molecule has 35 heavy (non-hydrogen) atoms. The Hall–Kier alpha value is -1.98. The van der Waals surface area contributed by atoms with Gasteiger partial charge in [-0.05, 0) is 117 Å². The van der Waals surface area contributed by atoms with Gasteiger partial charge in [0.05, 0.1) is 11.6 Å². The molecule has 4 nitrogen and oxygen atoms in total. The van der Waals surface area contributed by atoms with E-state index in [9.17, 15) is 0 Å². The Balaban J connectivity index is 1.19. The first-order valence-electron chi connectivity index (χ1n) is 13.9. The molecule has 6 bridgehead atoms. The second-order valence-corrected chi connectivity index (χ2v) is 12.8. The van der Waals surface area contributed by atoms with Crippen LogP contribution in [0.4, 0.5) is 0 Å². The molecule has 5 atom stereocenters. The van der Waals surface area contributed by atoms with E-state index < -0.39 is 0 Å². The number of piperidine rings is 3. The zero-order chi connectivity index (χ0) is 23.6. The smallest absolute Gasteiger partial charge is 0.167 e. The van der Waals surface area contributed by atoms with E-state index in [1.165, 1.54) is 68.9 Å². The number of nitrogens with one attached hydrogen (secondary N) is 2. The third-order valence-corrected chi connectivity index (χ3v) is 10.5. The fourth-order valence-electron chi connectivity index (χ4n) is 9.18. The van der Waals surface area contributed by atoms with Gasteiger partial charge >= 0.3 is 0 Å². The second-order valence-electron chi connectivity index (χ2n) is 12.4. The first-order valence-corrected chi connectivity index (χ1v) is 14.3. The van der Waals surface area contributed by atoms with Gasteiger partial charge in [0, 0.05) is 29.7 Å². The lowest BCUT2D eigenvalue weighted by Gasteiger charge is -2.57. The van der Waals surface area contributed by atoms with Crippen LogP contribution in [0, 0.1) is 29.6 Å². The lowest BCUT2D eigenvalue weighted by atomic mass is 9.53. The molecular weight excluding hydrogens is 448 g/mol. The maximum atomic E-state index is 6.12. The average molecular weight is 487 g/mol. The van der Waals surface area contributed by atoms with E-state index >= 15 is 0 Å². The van der Waals surface area contributed by atoms with Crippen LogP contribution in [-0.2, 0) is 0 Å². The number of aromatic nitrogens is 1. The first kappa shape index (κ1) is 22.2. The molecule has 0 amide bonds. The van der Waals surface area contributed by atoms with Crippen LogP contribution < -0.4 is 10.6 Å². The average Bonchev–Trinajstić information content (AvgIpc) is 2.86. The highest BCUT2D eigenvalue weighted by molar-refractivity contribution is 7.80. The monoisotopic (exact) mass is 486 g/mol. The van der Waals surface area contributed by atoms with Crippen molar-refractivity contribution in [3.63, 3.8) is 0 Å². The molecule has 3 saturated heterocycles. The van der Waals surface area contributed by atoms with Crippen LogP contribution in [0.3, 0.4) is 0 Å². The highest BCUT2D eigenvalue weighted by Gasteiger charge is 2.51. The van der Waals surface area contributed by atoms with Crippen LogP contribution in [-0.4, -0.2) is 39.7 Å². The minimum absolute atomic E-state index is 0.158. The van der Waals surface area contributed by atoms with E-state index in [2.05, 4.69) is 63.5 Å². The van der Waals surface area contributed by atoms with Gasteiger partial charge in [-0.2, -0.15) is 0 Å². The number of hydrogen-bond donors (Lipinski definition) is 2. The van der Waals surface area contributed by atoms with Crippen molar-refractivity contribution in [3.8, 4) is 0 Å². The van der Waals surface area contributed by atoms with E-state index in [-0.39, 0.29) is 11.6 Å². The largest absolute Gasteiger partial charge is 0.357 e. The van der Waals surface area contributed by atoms with E-state index in [0.717, 1.165) is 40.8 Å². The summed E-state index contributed by atoms with van der Waals surface area (Å²) in [5.74, 6) is 4.07. The van der Waals surface area contributed by atoms with Gasteiger partial charge in [-0.25, -0.2) is 0 Å². The van der Waals surface area contributed by atoms with Gasteiger partial charge in [0.15, 0.2) is 5.11 Å². The summed E-state index contributed by atoms with van der Waals surface area (Å²) in [6, 6.07) is 11.4. The standard InChI is InChI=1S/C30H38N4S/c1-2-22-18-34-10-8-23(22)14-27(34)28(25-7-9-31-26-6-4-3-5-24(25)26)32-29(35)33-30-15-19-11-20(16-30)13-21(12-19)17-30/h2-7,9,19-23,27-28H,1,8,10-18H2,(H2,32,33,35)/t19?,20?,21?,22-,23+,27-,28+,30?/m1/s1. The van der Waals surface area contributed by atoms with Crippen molar-refractivity contribution in [1.82, 2.24) is 20.5 Å². The molecular formula is C30H38N4S. The van der Waals surface area contributed by atoms with Gasteiger partial charge in [-0.1, -0.05) is 24.3 Å². The summed E-state index contributed by atoms with van der Waals surface area (Å²) in [5.41, 5.74) is 2.62. The summed E-state index contributed by atoms with van der Waals surface area (Å²) in [4.78, 5) is 7.37. The Morgan fingerprint density at radius 1 is 1.09 bits per heavy atom. The Labute approximate surface area is 214 Å². The van der Waals surface area contributed by atoms with Crippen molar-refractivity contribution < 1.29 is 0 Å². The lowest BCUT2D eigenvalue weighted by molar-refractivity contribution is -0.0113. The molecule has 9 rings (SSSR count). The van der Waals surface area contributed by atoms with Gasteiger partial charge in [-0.15, -0.1) is 6.58 Å². The van der Waals surface area contributed by atoms with Gasteiger partial charge in [0.25, 0.3) is 0 Å². The molecule has 0 spiro atoms. The van der Waals surface area contributed by atoms with E-state index in [1.54, 1.807) is 0 Å². The summed E-state index contributed by atoms with van der Waals surface area (Å²) in [5, 5.41) is 9.96. The molecule has 1 unspecified atom stereocenters. The first-order chi connectivity index (χ1) is 17.1. The van der Waals surface area contributed by atoms with Crippen molar-refractivity contribution in [1.29, 1.82) is 0 Å². The minimum atomic E-state index is 0.158. The SMILES string of the molecule is C=C[C@@H]1CN2CC[C@H]1C[C@@H]2[C@@H](NC(=S)NC12CC3CC(CC(C3)C1)C2)c1ccnc2ccccc12. The second kappa shape index (κ2) is 8.55. The van der Waals surface area contributed by atoms with E-state index in [4.69, 9.17) is 12.2 Å². The number of hydrogen-bond acceptors (Lipinski definition) is 3. The van der Waals surface area contributed by atoms with Gasteiger partial charge in [0.1, 0.15) is 0 Å². The summed E-state index contributed by atoms with van der Waals surface area (Å²) in [6.45, 7) is 6.44. The number of rotatable bonds is 5. The predicted molar refractivity (Wildman–Crippen MR) is 146 cm³/mol. The fraction of sp³-hybridized carbons (Fsp3) is 0.600. The molecule has 1 aromatic heterocycles. The number of benzene rings is 1. The highest BCUT2D eigenvalue weighted by atomic mass is 32.1. The molecule has 7 aliphatic rings. The third-order valence-electron chi connectivity index (χ3n) is 10.3. The topological polar surface area (TPSA) is 40.2 Å². The third kappa shape index (κ3) is 3.90. The molecule has 4 heterocycles. The Morgan fingerprint density at radius 3 is 2.51 bits per heavy atom. The van der Waals surface area contributed by atoms with Crippen molar-refractivity contribution in [2.45, 2.75) is 69.0 Å². The summed E-state index contributed by atoms with van der Waals surface area (Å²) in [6.07, 6.45) is 14.9. The number of pyridine rings is 1. The van der Waals surface area contributed by atoms with Crippen molar-refractivity contribution in [3.05, 3.63) is 54.7 Å². The number of fused-ring (bicyclic) bond motifs is 4. The van der Waals surface area contributed by atoms with E-state index in [0.29, 0.717) is 12.0 Å². The molecule has 184 valence electrons. The molecule has 2 N–H and O–H groups in total. The molecule has 3 aliphatic heterocycles. The Bertz CT molecular complexity index is 1100. The Kier molecular flexibility index (Phi) is 5.43. The fourth-order valence-corrected chi connectivity index (χ4v) is 9.52. The van der Waals surface area contributed by atoms with Crippen molar-refractivity contribution >= 4 is 28.2 Å². The van der Waals surface area contributed by atoms with Crippen LogP contribution >= 0.6 is 12.2 Å². The van der Waals surface area contributed by atoms with Crippen molar-refractivity contribution in [2.24, 2.45) is 29.6 Å². The molecule has 0 radical (unpaired) electrons. The van der Waals surface area contributed by atoms with Gasteiger partial charge in [-0.3, -0.25) is 9.88 Å². The van der Waals surface area contributed by atoms with Gasteiger partial charge in [0.2, 0.25) is 0 Å². The highest BCUT2D eigenvalue weighted by Crippen LogP contribution is 2.55. The minimum Gasteiger partial charge on any atom is -0.357 e. The van der Waals surface area contributed by atoms with Crippen LogP contribution in [0.15, 0.2) is 49.2 Å². The summed E-state index contributed by atoms with van der Waals surface area (Å²) < 4.78 is 0. The maximum Gasteiger partial charge on any atom is 0.167 e. The van der Waals surface area contributed by atoms with Crippen molar-refractivity contribution in [2.75, 3.05) is 13.1 Å². The normalized spacial score (nSPS) is 39.9. The lowest BCUT2D eigenvalue weighted by Crippen LogP contribution is -2.63. The number of thiocarbonyl (C=S) groups is 1. The van der Waals surface area contributed by atoms with Crippen LogP contribution in [0.5, 0.6) is 0 Å². The molecule has 2 aromatic rings. The zero-order valence-corrected chi connectivity index (χ0v) is 21.5. The molecule has 5 heteroatoms. The Morgan fingerprint density at radius 2 is 1.83 bits per heavy atom. The molecule has 1 aromatic carbocycles. The zero-order valence-electron chi connectivity index (χ0n) is 20.7. The maximum absolute atomic E-state index is 6.12. The van der Waals surface area contributed by atoms with E-state index in [1.807, 2.05) is 6.20 Å². The molecule has 4 saturated carbocycles. The summed E-state index contributed by atoms with van der Waals surface area (Å²) >= 11 is 6.12. The predicted octanol–water partition coefficient (Wildman–Crippen LogP) is 5.61. The van der Waals surface area contributed by atoms with Crippen LogP contribution in [0.1, 0.15) is 63.0 Å². The summed E-state index contributed by atoms with van der Waals surface area (Å²) in [7, 11) is 0. The van der Waals surface area contributed by atoms with Crippen LogP contribution in [0.2, 0.25) is 0 Å². The quantitative estimate of drug-likeness (QED) is 0.425. The number of para-hydroxylation sites is 1. The number of nitrogens with zero attached hydrogens (tertiary/aromatic N) is 2. The molecule has 4 aliphatic carbocycles. The molecule has 7 fully saturated rings.